The van der Waals surface area contributed by atoms with E-state index in [1.54, 1.807) is 0 Å². The zero-order valence-electron chi connectivity index (χ0n) is 11.1. The van der Waals surface area contributed by atoms with Gasteiger partial charge in [0.05, 0.1) is 5.60 Å². The SMILES string of the molecule is CCCCC(NCC)C1(OC)CCOCC1. The summed E-state index contributed by atoms with van der Waals surface area (Å²) in [5, 5.41) is 3.60. The average molecular weight is 229 g/mol. The maximum atomic E-state index is 5.85. The van der Waals surface area contributed by atoms with Crippen molar-refractivity contribution in [3.63, 3.8) is 0 Å². The number of hydrogen-bond donors (Lipinski definition) is 1. The molecule has 0 aromatic heterocycles. The Hall–Kier alpha value is -0.120. The molecule has 3 nitrogen and oxygen atoms in total. The lowest BCUT2D eigenvalue weighted by molar-refractivity contribution is -0.111. The van der Waals surface area contributed by atoms with E-state index < -0.39 is 0 Å². The zero-order valence-corrected chi connectivity index (χ0v) is 11.1. The van der Waals surface area contributed by atoms with Crippen molar-refractivity contribution in [2.45, 2.75) is 57.6 Å². The van der Waals surface area contributed by atoms with Crippen molar-refractivity contribution >= 4 is 0 Å². The highest BCUT2D eigenvalue weighted by Gasteiger charge is 2.39. The van der Waals surface area contributed by atoms with Gasteiger partial charge in [-0.2, -0.15) is 0 Å². The molecule has 0 amide bonds. The van der Waals surface area contributed by atoms with E-state index in [1.807, 2.05) is 7.11 Å². The molecule has 1 aliphatic heterocycles. The second-order valence-electron chi connectivity index (χ2n) is 4.63. The van der Waals surface area contributed by atoms with Crippen LogP contribution in [0.4, 0.5) is 0 Å². The molecule has 1 saturated heterocycles. The highest BCUT2D eigenvalue weighted by atomic mass is 16.5. The fourth-order valence-electron chi connectivity index (χ4n) is 2.62. The molecule has 1 rings (SSSR count). The maximum absolute atomic E-state index is 5.85. The largest absolute Gasteiger partial charge is 0.381 e. The van der Waals surface area contributed by atoms with Crippen LogP contribution in [0.15, 0.2) is 0 Å². The van der Waals surface area contributed by atoms with E-state index in [4.69, 9.17) is 9.47 Å². The van der Waals surface area contributed by atoms with Crippen molar-refractivity contribution < 1.29 is 9.47 Å². The predicted molar refractivity (Wildman–Crippen MR) is 66.8 cm³/mol. The molecule has 16 heavy (non-hydrogen) atoms. The van der Waals surface area contributed by atoms with Crippen LogP contribution in [0.3, 0.4) is 0 Å². The van der Waals surface area contributed by atoms with Gasteiger partial charge in [0.1, 0.15) is 0 Å². The number of rotatable bonds is 7. The van der Waals surface area contributed by atoms with E-state index >= 15 is 0 Å². The van der Waals surface area contributed by atoms with E-state index in [2.05, 4.69) is 19.2 Å². The highest BCUT2D eigenvalue weighted by molar-refractivity contribution is 4.94. The van der Waals surface area contributed by atoms with Crippen LogP contribution >= 0.6 is 0 Å². The second kappa shape index (κ2) is 7.25. The Bertz CT molecular complexity index is 179. The summed E-state index contributed by atoms with van der Waals surface area (Å²) in [5.74, 6) is 0. The van der Waals surface area contributed by atoms with Gasteiger partial charge in [-0.1, -0.05) is 26.7 Å². The molecule has 1 atom stereocenters. The number of hydrogen-bond acceptors (Lipinski definition) is 3. The Balaban J connectivity index is 2.62. The van der Waals surface area contributed by atoms with Crippen LogP contribution in [-0.2, 0) is 9.47 Å². The second-order valence-corrected chi connectivity index (χ2v) is 4.63. The normalized spacial score (nSPS) is 21.9. The van der Waals surface area contributed by atoms with Crippen molar-refractivity contribution in [3.8, 4) is 0 Å². The van der Waals surface area contributed by atoms with Gasteiger partial charge in [-0.25, -0.2) is 0 Å². The van der Waals surface area contributed by atoms with Gasteiger partial charge in [0.2, 0.25) is 0 Å². The molecule has 0 spiro atoms. The molecule has 1 aliphatic rings. The number of ether oxygens (including phenoxy) is 2. The van der Waals surface area contributed by atoms with Crippen molar-refractivity contribution in [3.05, 3.63) is 0 Å². The van der Waals surface area contributed by atoms with Crippen LogP contribution in [-0.4, -0.2) is 38.5 Å². The van der Waals surface area contributed by atoms with Gasteiger partial charge in [-0.05, 0) is 13.0 Å². The summed E-state index contributed by atoms with van der Waals surface area (Å²) in [6, 6.07) is 0.478. The van der Waals surface area contributed by atoms with Crippen LogP contribution in [0.25, 0.3) is 0 Å². The van der Waals surface area contributed by atoms with E-state index in [9.17, 15) is 0 Å². The van der Waals surface area contributed by atoms with Crippen LogP contribution in [0.1, 0.15) is 46.0 Å². The van der Waals surface area contributed by atoms with Crippen molar-refractivity contribution in [1.29, 1.82) is 0 Å². The van der Waals surface area contributed by atoms with Gasteiger partial charge in [-0.3, -0.25) is 0 Å². The Morgan fingerprint density at radius 2 is 2.00 bits per heavy atom. The minimum absolute atomic E-state index is 0.00340. The smallest absolute Gasteiger partial charge is 0.0874 e. The molecule has 0 aromatic carbocycles. The van der Waals surface area contributed by atoms with Gasteiger partial charge >= 0.3 is 0 Å². The number of nitrogens with one attached hydrogen (secondary N) is 1. The summed E-state index contributed by atoms with van der Waals surface area (Å²) in [7, 11) is 1.85. The van der Waals surface area contributed by atoms with Crippen molar-refractivity contribution in [1.82, 2.24) is 5.32 Å². The van der Waals surface area contributed by atoms with Gasteiger partial charge in [0.25, 0.3) is 0 Å². The lowest BCUT2D eigenvalue weighted by Crippen LogP contribution is -2.55. The minimum Gasteiger partial charge on any atom is -0.381 e. The standard InChI is InChI=1S/C13H27NO2/c1-4-6-7-12(14-5-2)13(15-3)8-10-16-11-9-13/h12,14H,4-11H2,1-3H3. The lowest BCUT2D eigenvalue weighted by atomic mass is 9.83. The Morgan fingerprint density at radius 3 is 2.50 bits per heavy atom. The number of methoxy groups -OCH3 is 1. The molecular formula is C13H27NO2. The summed E-state index contributed by atoms with van der Waals surface area (Å²) in [4.78, 5) is 0. The Morgan fingerprint density at radius 1 is 1.31 bits per heavy atom. The Kier molecular flexibility index (Phi) is 6.32. The van der Waals surface area contributed by atoms with Crippen LogP contribution in [0.5, 0.6) is 0 Å². The van der Waals surface area contributed by atoms with E-state index in [0.29, 0.717) is 6.04 Å². The molecule has 0 saturated carbocycles. The molecule has 0 radical (unpaired) electrons. The molecular weight excluding hydrogens is 202 g/mol. The first-order valence-corrected chi connectivity index (χ1v) is 6.65. The molecule has 1 N–H and O–H groups in total. The summed E-state index contributed by atoms with van der Waals surface area (Å²) < 4.78 is 11.3. The first kappa shape index (κ1) is 13.9. The van der Waals surface area contributed by atoms with Crippen molar-refractivity contribution in [2.75, 3.05) is 26.9 Å². The third-order valence-corrected chi connectivity index (χ3v) is 3.68. The molecule has 0 aromatic rings. The van der Waals surface area contributed by atoms with Crippen molar-refractivity contribution in [2.24, 2.45) is 0 Å². The van der Waals surface area contributed by atoms with Gasteiger partial charge in [-0.15, -0.1) is 0 Å². The third-order valence-electron chi connectivity index (χ3n) is 3.68. The quantitative estimate of drug-likeness (QED) is 0.727. The molecule has 1 fully saturated rings. The molecule has 1 heterocycles. The van der Waals surface area contributed by atoms with Crippen LogP contribution < -0.4 is 5.32 Å². The fraction of sp³-hybridized carbons (Fsp3) is 1.00. The first-order valence-electron chi connectivity index (χ1n) is 6.65. The summed E-state index contributed by atoms with van der Waals surface area (Å²) in [6.07, 6.45) is 5.76. The van der Waals surface area contributed by atoms with E-state index in [0.717, 1.165) is 32.6 Å². The lowest BCUT2D eigenvalue weighted by Gasteiger charge is -2.42. The Labute approximate surface area is 99.9 Å². The maximum Gasteiger partial charge on any atom is 0.0874 e. The van der Waals surface area contributed by atoms with E-state index in [-0.39, 0.29) is 5.60 Å². The molecule has 1 unspecified atom stereocenters. The van der Waals surface area contributed by atoms with Gasteiger partial charge in [0, 0.05) is 39.2 Å². The third kappa shape index (κ3) is 3.44. The van der Waals surface area contributed by atoms with Crippen LogP contribution in [0, 0.1) is 0 Å². The molecule has 0 bridgehead atoms. The summed E-state index contributed by atoms with van der Waals surface area (Å²) in [6.45, 7) is 7.10. The minimum atomic E-state index is 0.00340. The molecule has 3 heteroatoms. The first-order chi connectivity index (χ1) is 7.79. The summed E-state index contributed by atoms with van der Waals surface area (Å²) >= 11 is 0. The van der Waals surface area contributed by atoms with Gasteiger partial charge < -0.3 is 14.8 Å². The number of unbranched alkanes of at least 4 members (excludes halogenated alkanes) is 1. The molecule has 0 aliphatic carbocycles. The van der Waals surface area contributed by atoms with Crippen LogP contribution in [0.2, 0.25) is 0 Å². The average Bonchev–Trinajstić information content (AvgIpc) is 2.35. The van der Waals surface area contributed by atoms with E-state index in [1.165, 1.54) is 19.3 Å². The van der Waals surface area contributed by atoms with Gasteiger partial charge in [0.15, 0.2) is 0 Å². The number of likely N-dealkylation sites (N-methyl/N-ethyl adjacent to an activating group) is 1. The topological polar surface area (TPSA) is 30.5 Å². The fourth-order valence-corrected chi connectivity index (χ4v) is 2.62. The molecule has 96 valence electrons. The zero-order chi connectivity index (χ0) is 11.9. The predicted octanol–water partition coefficient (Wildman–Crippen LogP) is 2.35. The monoisotopic (exact) mass is 229 g/mol. The summed E-state index contributed by atoms with van der Waals surface area (Å²) in [5.41, 5.74) is 0.00340. The highest BCUT2D eigenvalue weighted by Crippen LogP contribution is 2.30.